The van der Waals surface area contributed by atoms with E-state index in [9.17, 15) is 4.79 Å². The highest BCUT2D eigenvalue weighted by Crippen LogP contribution is 2.41. The number of ether oxygens (including phenoxy) is 1. The Morgan fingerprint density at radius 3 is 2.62 bits per heavy atom. The lowest BCUT2D eigenvalue weighted by Crippen LogP contribution is -2.56. The number of likely N-dealkylation sites (tertiary alicyclic amines) is 1. The summed E-state index contributed by atoms with van der Waals surface area (Å²) in [6, 6.07) is 0.555. The molecule has 2 saturated carbocycles. The number of esters is 1. The van der Waals surface area contributed by atoms with Crippen LogP contribution in [0.25, 0.3) is 0 Å². The van der Waals surface area contributed by atoms with Crippen molar-refractivity contribution in [3.63, 3.8) is 0 Å². The third-order valence-electron chi connectivity index (χ3n) is 5.65. The number of carbonyl (C=O) groups excluding carboxylic acids is 1. The molecule has 0 radical (unpaired) electrons. The van der Waals surface area contributed by atoms with Crippen LogP contribution in [0.3, 0.4) is 0 Å². The van der Waals surface area contributed by atoms with Crippen LogP contribution in [0, 0.1) is 5.92 Å². The molecule has 0 spiro atoms. The van der Waals surface area contributed by atoms with E-state index in [1.54, 1.807) is 7.11 Å². The fourth-order valence-corrected chi connectivity index (χ4v) is 4.28. The normalized spacial score (nSPS) is 34.0. The molecule has 3 fully saturated rings. The second-order valence-corrected chi connectivity index (χ2v) is 7.16. The van der Waals surface area contributed by atoms with Crippen LogP contribution < -0.4 is 5.32 Å². The molecular weight excluding hydrogens is 264 g/mol. The molecule has 0 bridgehead atoms. The van der Waals surface area contributed by atoms with E-state index in [2.05, 4.69) is 10.2 Å². The molecule has 4 nitrogen and oxygen atoms in total. The molecule has 3 rings (SSSR count). The first kappa shape index (κ1) is 15.3. The Bertz CT molecular complexity index is 364. The highest BCUT2D eigenvalue weighted by Gasteiger charge is 2.51. The number of rotatable bonds is 6. The fraction of sp³-hybridized carbons (Fsp3) is 0.941. The van der Waals surface area contributed by atoms with E-state index in [0.29, 0.717) is 12.0 Å². The van der Waals surface area contributed by atoms with Gasteiger partial charge in [0, 0.05) is 6.04 Å². The van der Waals surface area contributed by atoms with Gasteiger partial charge in [-0.3, -0.25) is 10.1 Å². The molecule has 0 aromatic carbocycles. The molecule has 1 saturated heterocycles. The van der Waals surface area contributed by atoms with Crippen LogP contribution in [0.1, 0.15) is 57.8 Å². The summed E-state index contributed by atoms with van der Waals surface area (Å²) in [5, 5.41) is 3.66. The molecule has 0 aromatic heterocycles. The van der Waals surface area contributed by atoms with E-state index in [4.69, 9.17) is 4.74 Å². The first-order valence-electron chi connectivity index (χ1n) is 8.83. The number of piperidine rings is 1. The molecule has 2 atom stereocenters. The third kappa shape index (κ3) is 3.42. The predicted octanol–water partition coefficient (Wildman–Crippen LogP) is 2.33. The molecule has 21 heavy (non-hydrogen) atoms. The Morgan fingerprint density at radius 2 is 1.95 bits per heavy atom. The van der Waals surface area contributed by atoms with Crippen molar-refractivity contribution in [2.24, 2.45) is 5.92 Å². The molecule has 120 valence electrons. The van der Waals surface area contributed by atoms with Gasteiger partial charge < -0.3 is 9.64 Å². The number of hydrogen-bond donors (Lipinski definition) is 1. The fourth-order valence-electron chi connectivity index (χ4n) is 4.28. The average molecular weight is 294 g/mol. The van der Waals surface area contributed by atoms with E-state index in [1.807, 2.05) is 0 Å². The minimum Gasteiger partial charge on any atom is -0.468 e. The number of hydrogen-bond acceptors (Lipinski definition) is 4. The smallest absolute Gasteiger partial charge is 0.326 e. The van der Waals surface area contributed by atoms with Gasteiger partial charge in [-0.25, -0.2) is 0 Å². The molecule has 4 heteroatoms. The van der Waals surface area contributed by atoms with E-state index in [0.717, 1.165) is 25.8 Å². The Morgan fingerprint density at radius 1 is 1.19 bits per heavy atom. The number of carbonyl (C=O) groups is 1. The molecule has 1 N–H and O–H groups in total. The number of nitrogens with one attached hydrogen (secondary N) is 1. The van der Waals surface area contributed by atoms with Crippen molar-refractivity contribution in [3.8, 4) is 0 Å². The maximum absolute atomic E-state index is 12.5. The van der Waals surface area contributed by atoms with Gasteiger partial charge in [-0.05, 0) is 70.5 Å². The van der Waals surface area contributed by atoms with Crippen molar-refractivity contribution in [2.45, 2.75) is 69.4 Å². The lowest BCUT2D eigenvalue weighted by molar-refractivity contribution is -0.150. The van der Waals surface area contributed by atoms with Gasteiger partial charge >= 0.3 is 5.97 Å². The van der Waals surface area contributed by atoms with Crippen LogP contribution in [0.15, 0.2) is 0 Å². The Kier molecular flexibility index (Phi) is 4.85. The van der Waals surface area contributed by atoms with Crippen LogP contribution >= 0.6 is 0 Å². The van der Waals surface area contributed by atoms with Crippen molar-refractivity contribution >= 4 is 5.97 Å². The van der Waals surface area contributed by atoms with Gasteiger partial charge in [-0.1, -0.05) is 12.8 Å². The summed E-state index contributed by atoms with van der Waals surface area (Å²) >= 11 is 0. The summed E-state index contributed by atoms with van der Waals surface area (Å²) < 4.78 is 5.17. The zero-order valence-corrected chi connectivity index (χ0v) is 13.4. The van der Waals surface area contributed by atoms with Gasteiger partial charge in [0.15, 0.2) is 0 Å². The van der Waals surface area contributed by atoms with Gasteiger partial charge in [0.25, 0.3) is 0 Å². The molecule has 2 aliphatic carbocycles. The van der Waals surface area contributed by atoms with Crippen LogP contribution in [0.4, 0.5) is 0 Å². The van der Waals surface area contributed by atoms with Crippen molar-refractivity contribution in [2.75, 3.05) is 26.7 Å². The monoisotopic (exact) mass is 294 g/mol. The molecule has 0 amide bonds. The quantitative estimate of drug-likeness (QED) is 0.763. The van der Waals surface area contributed by atoms with Gasteiger partial charge in [-0.2, -0.15) is 0 Å². The number of nitrogens with zero attached hydrogens (tertiary/aromatic N) is 1. The van der Waals surface area contributed by atoms with Gasteiger partial charge in [0.1, 0.15) is 5.54 Å². The van der Waals surface area contributed by atoms with E-state index in [1.165, 1.54) is 51.6 Å². The maximum Gasteiger partial charge on any atom is 0.326 e. The molecule has 2 unspecified atom stereocenters. The molecule has 1 aliphatic heterocycles. The first-order chi connectivity index (χ1) is 10.2. The predicted molar refractivity (Wildman–Crippen MR) is 83.2 cm³/mol. The minimum atomic E-state index is -0.383. The molecule has 1 heterocycles. The maximum atomic E-state index is 12.5. The zero-order valence-electron chi connectivity index (χ0n) is 13.4. The van der Waals surface area contributed by atoms with Crippen LogP contribution in [0.2, 0.25) is 0 Å². The van der Waals surface area contributed by atoms with Gasteiger partial charge in [-0.15, -0.1) is 0 Å². The zero-order chi connectivity index (χ0) is 14.7. The Balaban J connectivity index is 1.61. The molecule has 3 aliphatic rings. The summed E-state index contributed by atoms with van der Waals surface area (Å²) in [6.45, 7) is 3.64. The SMILES string of the molecule is COC(=O)C1(NC2CC2)CCCC1CCN1CCCCC1. The summed E-state index contributed by atoms with van der Waals surface area (Å²) in [5.74, 6) is 0.433. The van der Waals surface area contributed by atoms with Crippen LogP contribution in [-0.2, 0) is 9.53 Å². The van der Waals surface area contributed by atoms with Crippen molar-refractivity contribution in [1.29, 1.82) is 0 Å². The van der Waals surface area contributed by atoms with E-state index < -0.39 is 0 Å². The third-order valence-corrected chi connectivity index (χ3v) is 5.65. The topological polar surface area (TPSA) is 41.6 Å². The minimum absolute atomic E-state index is 0.0180. The van der Waals surface area contributed by atoms with Crippen LogP contribution in [0.5, 0.6) is 0 Å². The summed E-state index contributed by atoms with van der Waals surface area (Å²) in [7, 11) is 1.54. The second-order valence-electron chi connectivity index (χ2n) is 7.16. The average Bonchev–Trinajstić information content (AvgIpc) is 3.24. The van der Waals surface area contributed by atoms with E-state index in [-0.39, 0.29) is 11.5 Å². The Hall–Kier alpha value is -0.610. The lowest BCUT2D eigenvalue weighted by Gasteiger charge is -2.36. The van der Waals surface area contributed by atoms with Crippen LogP contribution in [-0.4, -0.2) is 49.2 Å². The van der Waals surface area contributed by atoms with Gasteiger partial charge in [0.05, 0.1) is 7.11 Å². The molecule has 0 aromatic rings. The van der Waals surface area contributed by atoms with E-state index >= 15 is 0 Å². The highest BCUT2D eigenvalue weighted by molar-refractivity contribution is 5.81. The summed E-state index contributed by atoms with van der Waals surface area (Å²) in [4.78, 5) is 15.0. The largest absolute Gasteiger partial charge is 0.468 e. The standard InChI is InChI=1S/C17H30N2O2/c1-21-16(20)17(18-15-7-8-15)10-5-6-14(17)9-13-19-11-3-2-4-12-19/h14-15,18H,2-13H2,1H3. The summed E-state index contributed by atoms with van der Waals surface area (Å²) in [6.07, 6.45) is 10.9. The van der Waals surface area contributed by atoms with Crippen molar-refractivity contribution in [3.05, 3.63) is 0 Å². The number of methoxy groups -OCH3 is 1. The highest BCUT2D eigenvalue weighted by atomic mass is 16.5. The van der Waals surface area contributed by atoms with Crippen molar-refractivity contribution in [1.82, 2.24) is 10.2 Å². The van der Waals surface area contributed by atoms with Crippen molar-refractivity contribution < 1.29 is 9.53 Å². The molecular formula is C17H30N2O2. The Labute approximate surface area is 128 Å². The summed E-state index contributed by atoms with van der Waals surface area (Å²) in [5.41, 5.74) is -0.383. The second kappa shape index (κ2) is 6.66. The lowest BCUT2D eigenvalue weighted by atomic mass is 9.84. The van der Waals surface area contributed by atoms with Gasteiger partial charge in [0.2, 0.25) is 0 Å². The first-order valence-corrected chi connectivity index (χ1v) is 8.83.